The van der Waals surface area contributed by atoms with Crippen LogP contribution in [0.5, 0.6) is 11.6 Å². The number of aromatic nitrogens is 2. The molecule has 0 bridgehead atoms. The lowest BCUT2D eigenvalue weighted by Gasteiger charge is -2.07. The molecule has 0 aliphatic carbocycles. The van der Waals surface area contributed by atoms with E-state index < -0.39 is 0 Å². The Labute approximate surface area is 109 Å². The summed E-state index contributed by atoms with van der Waals surface area (Å²) in [4.78, 5) is 7.96. The molecule has 6 heteroatoms. The maximum atomic E-state index is 5.98. The van der Waals surface area contributed by atoms with Crippen LogP contribution in [0.4, 0.5) is 5.82 Å². The molecule has 1 N–H and O–H groups in total. The van der Waals surface area contributed by atoms with Crippen molar-refractivity contribution < 1.29 is 4.74 Å². The fourth-order valence-corrected chi connectivity index (χ4v) is 1.65. The molecule has 2 aromatic rings. The summed E-state index contributed by atoms with van der Waals surface area (Å²) >= 11 is 11.8. The molecule has 0 unspecified atom stereocenters. The first-order chi connectivity index (χ1) is 8.19. The van der Waals surface area contributed by atoms with E-state index >= 15 is 0 Å². The predicted octanol–water partition coefficient (Wildman–Crippen LogP) is 3.62. The van der Waals surface area contributed by atoms with Crippen molar-refractivity contribution in [2.45, 2.75) is 0 Å². The van der Waals surface area contributed by atoms with Crippen LogP contribution in [-0.2, 0) is 0 Å². The normalized spacial score (nSPS) is 10.1. The highest BCUT2D eigenvalue weighted by Crippen LogP contribution is 2.30. The maximum absolute atomic E-state index is 5.98. The SMILES string of the molecule is CNc1cc(Oc2ccc(Cl)cc2Cl)ncn1. The van der Waals surface area contributed by atoms with Gasteiger partial charge in [-0.1, -0.05) is 23.2 Å². The van der Waals surface area contributed by atoms with Gasteiger partial charge in [0.05, 0.1) is 5.02 Å². The standard InChI is InChI=1S/C11H9Cl2N3O/c1-14-10-5-11(16-6-15-10)17-9-3-2-7(12)4-8(9)13/h2-6H,1H3,(H,14,15,16). The smallest absolute Gasteiger partial charge is 0.224 e. The molecule has 0 amide bonds. The van der Waals surface area contributed by atoms with Gasteiger partial charge in [0.2, 0.25) is 5.88 Å². The van der Waals surface area contributed by atoms with Crippen molar-refractivity contribution in [2.24, 2.45) is 0 Å². The average Bonchev–Trinajstić information content (AvgIpc) is 2.33. The predicted molar refractivity (Wildman–Crippen MR) is 68.1 cm³/mol. The second-order valence-corrected chi connectivity index (χ2v) is 4.01. The molecule has 0 saturated carbocycles. The van der Waals surface area contributed by atoms with Gasteiger partial charge in [0.25, 0.3) is 0 Å². The van der Waals surface area contributed by atoms with Crippen LogP contribution in [-0.4, -0.2) is 17.0 Å². The number of nitrogens with one attached hydrogen (secondary N) is 1. The molecule has 0 saturated heterocycles. The quantitative estimate of drug-likeness (QED) is 0.925. The molecule has 1 heterocycles. The second-order valence-electron chi connectivity index (χ2n) is 3.17. The van der Waals surface area contributed by atoms with Crippen molar-refractivity contribution in [1.82, 2.24) is 9.97 Å². The van der Waals surface area contributed by atoms with E-state index in [2.05, 4.69) is 15.3 Å². The van der Waals surface area contributed by atoms with Crippen LogP contribution >= 0.6 is 23.2 Å². The Morgan fingerprint density at radius 1 is 1.18 bits per heavy atom. The zero-order valence-corrected chi connectivity index (χ0v) is 10.5. The van der Waals surface area contributed by atoms with Crippen molar-refractivity contribution in [1.29, 1.82) is 0 Å². The van der Waals surface area contributed by atoms with Crippen LogP contribution in [0, 0.1) is 0 Å². The Balaban J connectivity index is 2.25. The zero-order chi connectivity index (χ0) is 12.3. The fraction of sp³-hybridized carbons (Fsp3) is 0.0909. The number of hydrogen-bond acceptors (Lipinski definition) is 4. The first-order valence-corrected chi connectivity index (χ1v) is 5.57. The van der Waals surface area contributed by atoms with Gasteiger partial charge >= 0.3 is 0 Å². The Kier molecular flexibility index (Phi) is 3.66. The van der Waals surface area contributed by atoms with E-state index in [1.165, 1.54) is 6.33 Å². The summed E-state index contributed by atoms with van der Waals surface area (Å²) in [7, 11) is 1.77. The number of nitrogens with zero attached hydrogens (tertiary/aromatic N) is 2. The van der Waals surface area contributed by atoms with Gasteiger partial charge in [0.15, 0.2) is 0 Å². The van der Waals surface area contributed by atoms with E-state index in [1.807, 2.05) is 0 Å². The molecule has 0 aliphatic heterocycles. The maximum Gasteiger partial charge on any atom is 0.224 e. The minimum Gasteiger partial charge on any atom is -0.437 e. The number of hydrogen-bond donors (Lipinski definition) is 1. The van der Waals surface area contributed by atoms with Crippen LogP contribution < -0.4 is 10.1 Å². The van der Waals surface area contributed by atoms with Gasteiger partial charge in [0, 0.05) is 18.1 Å². The van der Waals surface area contributed by atoms with Crippen molar-refractivity contribution in [3.8, 4) is 11.6 Å². The third-order valence-electron chi connectivity index (χ3n) is 2.01. The number of anilines is 1. The highest BCUT2D eigenvalue weighted by molar-refractivity contribution is 6.35. The summed E-state index contributed by atoms with van der Waals surface area (Å²) in [6.07, 6.45) is 1.41. The zero-order valence-electron chi connectivity index (χ0n) is 8.95. The molecular formula is C11H9Cl2N3O. The van der Waals surface area contributed by atoms with Crippen LogP contribution in [0.3, 0.4) is 0 Å². The molecule has 17 heavy (non-hydrogen) atoms. The number of rotatable bonds is 3. The molecule has 0 spiro atoms. The molecule has 1 aromatic carbocycles. The van der Waals surface area contributed by atoms with Crippen molar-refractivity contribution >= 4 is 29.0 Å². The number of benzene rings is 1. The Morgan fingerprint density at radius 2 is 2.00 bits per heavy atom. The molecule has 4 nitrogen and oxygen atoms in total. The summed E-state index contributed by atoms with van der Waals surface area (Å²) < 4.78 is 5.52. The van der Waals surface area contributed by atoms with Crippen LogP contribution in [0.15, 0.2) is 30.6 Å². The van der Waals surface area contributed by atoms with E-state index in [4.69, 9.17) is 27.9 Å². The van der Waals surface area contributed by atoms with E-state index in [9.17, 15) is 0 Å². The fourth-order valence-electron chi connectivity index (χ4n) is 1.20. The van der Waals surface area contributed by atoms with Gasteiger partial charge in [-0.3, -0.25) is 0 Å². The topological polar surface area (TPSA) is 47.0 Å². The lowest BCUT2D eigenvalue weighted by Crippen LogP contribution is -1.95. The summed E-state index contributed by atoms with van der Waals surface area (Å²) in [5.74, 6) is 1.57. The van der Waals surface area contributed by atoms with Crippen molar-refractivity contribution in [2.75, 3.05) is 12.4 Å². The summed E-state index contributed by atoms with van der Waals surface area (Å²) in [5.41, 5.74) is 0. The lowest BCUT2D eigenvalue weighted by atomic mass is 10.3. The van der Waals surface area contributed by atoms with Gasteiger partial charge in [-0.25, -0.2) is 9.97 Å². The molecule has 0 atom stereocenters. The Morgan fingerprint density at radius 3 is 2.71 bits per heavy atom. The first kappa shape index (κ1) is 12.0. The van der Waals surface area contributed by atoms with E-state index in [0.29, 0.717) is 27.5 Å². The monoisotopic (exact) mass is 269 g/mol. The highest BCUT2D eigenvalue weighted by Gasteiger charge is 2.05. The van der Waals surface area contributed by atoms with Crippen LogP contribution in [0.1, 0.15) is 0 Å². The first-order valence-electron chi connectivity index (χ1n) is 4.82. The summed E-state index contributed by atoms with van der Waals surface area (Å²) in [5, 5.41) is 3.88. The number of ether oxygens (including phenoxy) is 1. The van der Waals surface area contributed by atoms with E-state index in [0.717, 1.165) is 0 Å². The van der Waals surface area contributed by atoms with Gasteiger partial charge in [-0.2, -0.15) is 0 Å². The van der Waals surface area contributed by atoms with Crippen LogP contribution in [0.25, 0.3) is 0 Å². The Hall–Kier alpha value is -1.52. The van der Waals surface area contributed by atoms with Gasteiger partial charge < -0.3 is 10.1 Å². The van der Waals surface area contributed by atoms with Crippen molar-refractivity contribution in [3.05, 3.63) is 40.6 Å². The summed E-state index contributed by atoms with van der Waals surface area (Å²) in [6.45, 7) is 0. The Bertz CT molecular complexity index is 534. The molecule has 0 aliphatic rings. The van der Waals surface area contributed by atoms with E-state index in [1.54, 1.807) is 31.3 Å². The van der Waals surface area contributed by atoms with Gasteiger partial charge in [-0.05, 0) is 18.2 Å². The third kappa shape index (κ3) is 2.99. The molecule has 88 valence electrons. The largest absolute Gasteiger partial charge is 0.437 e. The number of halogens is 2. The van der Waals surface area contributed by atoms with Crippen LogP contribution in [0.2, 0.25) is 10.0 Å². The minimum absolute atomic E-state index is 0.411. The molecule has 0 radical (unpaired) electrons. The average molecular weight is 270 g/mol. The molecular weight excluding hydrogens is 261 g/mol. The summed E-state index contributed by atoms with van der Waals surface area (Å²) in [6, 6.07) is 6.66. The third-order valence-corrected chi connectivity index (χ3v) is 2.54. The second kappa shape index (κ2) is 5.21. The molecule has 2 rings (SSSR count). The van der Waals surface area contributed by atoms with Crippen molar-refractivity contribution in [3.63, 3.8) is 0 Å². The van der Waals surface area contributed by atoms with Gasteiger partial charge in [0.1, 0.15) is 17.9 Å². The minimum atomic E-state index is 0.411. The highest BCUT2D eigenvalue weighted by atomic mass is 35.5. The molecule has 0 fully saturated rings. The van der Waals surface area contributed by atoms with Gasteiger partial charge in [-0.15, -0.1) is 0 Å². The molecule has 1 aromatic heterocycles. The lowest BCUT2D eigenvalue weighted by molar-refractivity contribution is 0.462. The van der Waals surface area contributed by atoms with E-state index in [-0.39, 0.29) is 0 Å².